The molecule has 2 heterocycles. The highest BCUT2D eigenvalue weighted by Gasteiger charge is 2.19. The summed E-state index contributed by atoms with van der Waals surface area (Å²) in [5, 5.41) is 8.92. The van der Waals surface area contributed by atoms with Gasteiger partial charge in [-0.1, -0.05) is 0 Å². The quantitative estimate of drug-likeness (QED) is 0.725. The van der Waals surface area contributed by atoms with Crippen molar-refractivity contribution in [3.05, 3.63) is 34.3 Å². The van der Waals surface area contributed by atoms with E-state index in [0.717, 1.165) is 0 Å². The summed E-state index contributed by atoms with van der Waals surface area (Å²) in [5.41, 5.74) is 1.14. The van der Waals surface area contributed by atoms with Crippen molar-refractivity contribution in [3.63, 3.8) is 0 Å². The standard InChI is InChI=1S/C10H5BrFN3O2/c11-8-7(9(16)17)14-10-13-5-3-4(12)1-2-6(5)15(8)10/h1-3H,(H,13,14)(H,16,17). The molecule has 3 aromatic rings. The average molecular weight is 298 g/mol. The van der Waals surface area contributed by atoms with E-state index in [4.69, 9.17) is 5.11 Å². The van der Waals surface area contributed by atoms with E-state index < -0.39 is 5.97 Å². The number of benzene rings is 1. The van der Waals surface area contributed by atoms with Crippen LogP contribution in [0.5, 0.6) is 0 Å². The number of nitrogens with zero attached hydrogens (tertiary/aromatic N) is 2. The van der Waals surface area contributed by atoms with Crippen LogP contribution >= 0.6 is 15.9 Å². The molecule has 0 aliphatic carbocycles. The number of aromatic carboxylic acids is 1. The van der Waals surface area contributed by atoms with Gasteiger partial charge in [-0.3, -0.25) is 4.40 Å². The van der Waals surface area contributed by atoms with E-state index in [1.165, 1.54) is 12.1 Å². The van der Waals surface area contributed by atoms with Gasteiger partial charge in [0.2, 0.25) is 5.78 Å². The average Bonchev–Trinajstić information content (AvgIpc) is 2.75. The van der Waals surface area contributed by atoms with E-state index in [-0.39, 0.29) is 11.5 Å². The largest absolute Gasteiger partial charge is 0.476 e. The molecule has 2 N–H and O–H groups in total. The summed E-state index contributed by atoms with van der Waals surface area (Å²) in [4.78, 5) is 17.7. The smallest absolute Gasteiger partial charge is 0.357 e. The zero-order valence-electron chi connectivity index (χ0n) is 8.24. The van der Waals surface area contributed by atoms with E-state index >= 15 is 0 Å². The first-order valence-electron chi connectivity index (χ1n) is 4.66. The molecule has 0 saturated carbocycles. The number of carbonyl (C=O) groups is 1. The number of carboxylic acids is 1. The van der Waals surface area contributed by atoms with E-state index in [1.807, 2.05) is 0 Å². The number of hydrogen-bond acceptors (Lipinski definition) is 2. The molecule has 0 unspecified atom stereocenters. The van der Waals surface area contributed by atoms with Crippen LogP contribution in [0.1, 0.15) is 10.5 Å². The maximum absolute atomic E-state index is 13.0. The number of nitrogens with one attached hydrogen (secondary N) is 1. The lowest BCUT2D eigenvalue weighted by Gasteiger charge is -1.94. The number of fused-ring (bicyclic) bond motifs is 3. The van der Waals surface area contributed by atoms with Crippen molar-refractivity contribution in [1.82, 2.24) is 14.4 Å². The number of H-pyrrole nitrogens is 1. The number of aromatic amines is 1. The lowest BCUT2D eigenvalue weighted by atomic mass is 10.3. The lowest BCUT2D eigenvalue weighted by Crippen LogP contribution is -1.97. The van der Waals surface area contributed by atoms with Gasteiger partial charge in [0, 0.05) is 0 Å². The van der Waals surface area contributed by atoms with E-state index in [0.29, 0.717) is 21.4 Å². The highest BCUT2D eigenvalue weighted by atomic mass is 79.9. The fourth-order valence-electron chi connectivity index (χ4n) is 1.76. The van der Waals surface area contributed by atoms with Crippen LogP contribution in [0.2, 0.25) is 0 Å². The molecule has 1 aromatic carbocycles. The number of carboxylic acid groups (broad SMARTS) is 1. The molecule has 2 aromatic heterocycles. The molecule has 0 spiro atoms. The van der Waals surface area contributed by atoms with E-state index in [1.54, 1.807) is 10.5 Å². The zero-order valence-corrected chi connectivity index (χ0v) is 9.82. The first kappa shape index (κ1) is 10.3. The summed E-state index contributed by atoms with van der Waals surface area (Å²) >= 11 is 3.18. The van der Waals surface area contributed by atoms with Gasteiger partial charge >= 0.3 is 5.97 Å². The Kier molecular flexibility index (Phi) is 1.99. The van der Waals surface area contributed by atoms with Gasteiger partial charge in [0.15, 0.2) is 5.69 Å². The van der Waals surface area contributed by atoms with Gasteiger partial charge in [-0.15, -0.1) is 0 Å². The monoisotopic (exact) mass is 297 g/mol. The number of rotatable bonds is 1. The van der Waals surface area contributed by atoms with E-state index in [2.05, 4.69) is 25.9 Å². The molecule has 5 nitrogen and oxygen atoms in total. The van der Waals surface area contributed by atoms with Crippen molar-refractivity contribution >= 4 is 38.7 Å². The zero-order chi connectivity index (χ0) is 12.2. The number of aromatic nitrogens is 3. The third-order valence-electron chi connectivity index (χ3n) is 2.47. The minimum Gasteiger partial charge on any atom is -0.476 e. The minimum absolute atomic E-state index is 0.0810. The molecular formula is C10H5BrFN3O2. The maximum atomic E-state index is 13.0. The fourth-order valence-corrected chi connectivity index (χ4v) is 2.38. The SMILES string of the molecule is O=C(O)c1nc2[nH]c3cc(F)ccc3n2c1Br. The Bertz CT molecular complexity index is 762. The molecule has 3 rings (SSSR count). The summed E-state index contributed by atoms with van der Waals surface area (Å²) < 4.78 is 14.9. The van der Waals surface area contributed by atoms with Crippen LogP contribution in [0, 0.1) is 5.82 Å². The Labute approximate surface area is 102 Å². The Morgan fingerprint density at radius 3 is 3.00 bits per heavy atom. The molecule has 0 radical (unpaired) electrons. The summed E-state index contributed by atoms with van der Waals surface area (Å²) in [6.45, 7) is 0. The van der Waals surface area contributed by atoms with E-state index in [9.17, 15) is 9.18 Å². The van der Waals surface area contributed by atoms with Gasteiger partial charge in [0.05, 0.1) is 11.0 Å². The molecule has 17 heavy (non-hydrogen) atoms. The van der Waals surface area contributed by atoms with Crippen molar-refractivity contribution in [2.45, 2.75) is 0 Å². The van der Waals surface area contributed by atoms with Crippen LogP contribution < -0.4 is 0 Å². The molecule has 0 saturated heterocycles. The molecule has 0 fully saturated rings. The molecule has 0 aliphatic rings. The predicted octanol–water partition coefficient (Wildman–Crippen LogP) is 2.42. The van der Waals surface area contributed by atoms with Crippen molar-refractivity contribution in [3.8, 4) is 0 Å². The van der Waals surface area contributed by atoms with Crippen LogP contribution in [-0.4, -0.2) is 25.4 Å². The molecular weight excluding hydrogens is 293 g/mol. The van der Waals surface area contributed by atoms with Gasteiger partial charge in [-0.2, -0.15) is 0 Å². The molecule has 86 valence electrons. The van der Waals surface area contributed by atoms with Crippen molar-refractivity contribution < 1.29 is 14.3 Å². The fraction of sp³-hybridized carbons (Fsp3) is 0. The second-order valence-corrected chi connectivity index (χ2v) is 4.25. The Morgan fingerprint density at radius 2 is 2.29 bits per heavy atom. The predicted molar refractivity (Wildman–Crippen MR) is 61.7 cm³/mol. The van der Waals surface area contributed by atoms with Crippen LogP contribution in [0.4, 0.5) is 4.39 Å². The summed E-state index contributed by atoms with van der Waals surface area (Å²) in [5.74, 6) is -1.13. The molecule has 0 amide bonds. The summed E-state index contributed by atoms with van der Waals surface area (Å²) in [6.07, 6.45) is 0. The maximum Gasteiger partial charge on any atom is 0.357 e. The Hall–Kier alpha value is -1.89. The Morgan fingerprint density at radius 1 is 1.53 bits per heavy atom. The van der Waals surface area contributed by atoms with Crippen molar-refractivity contribution in [2.75, 3.05) is 0 Å². The van der Waals surface area contributed by atoms with Crippen LogP contribution in [0.15, 0.2) is 22.8 Å². The summed E-state index contributed by atoms with van der Waals surface area (Å²) in [6, 6.07) is 4.20. The second kappa shape index (κ2) is 3.30. The first-order chi connectivity index (χ1) is 8.08. The normalized spacial score (nSPS) is 11.4. The molecule has 0 atom stereocenters. The van der Waals surface area contributed by atoms with Crippen LogP contribution in [0.3, 0.4) is 0 Å². The minimum atomic E-state index is -1.12. The third-order valence-corrected chi connectivity index (χ3v) is 3.20. The Balaban J connectivity index is 2.46. The third kappa shape index (κ3) is 1.35. The van der Waals surface area contributed by atoms with Gasteiger partial charge in [-0.25, -0.2) is 14.2 Å². The first-order valence-corrected chi connectivity index (χ1v) is 5.45. The van der Waals surface area contributed by atoms with Gasteiger partial charge in [0.25, 0.3) is 0 Å². The highest BCUT2D eigenvalue weighted by molar-refractivity contribution is 9.10. The lowest BCUT2D eigenvalue weighted by molar-refractivity contribution is 0.0690. The van der Waals surface area contributed by atoms with Gasteiger partial charge in [-0.05, 0) is 34.1 Å². The molecule has 0 bridgehead atoms. The molecule has 7 heteroatoms. The van der Waals surface area contributed by atoms with Crippen molar-refractivity contribution in [1.29, 1.82) is 0 Å². The van der Waals surface area contributed by atoms with Gasteiger partial charge in [0.1, 0.15) is 10.4 Å². The van der Waals surface area contributed by atoms with Crippen molar-refractivity contribution in [2.24, 2.45) is 0 Å². The second-order valence-electron chi connectivity index (χ2n) is 3.50. The number of halogens is 2. The summed E-state index contributed by atoms with van der Waals surface area (Å²) in [7, 11) is 0. The van der Waals surface area contributed by atoms with Crippen LogP contribution in [-0.2, 0) is 0 Å². The molecule has 0 aliphatic heterocycles. The number of imidazole rings is 2. The highest BCUT2D eigenvalue weighted by Crippen LogP contribution is 2.25. The topological polar surface area (TPSA) is 70.4 Å². The number of hydrogen-bond donors (Lipinski definition) is 2. The van der Waals surface area contributed by atoms with Gasteiger partial charge < -0.3 is 10.1 Å². The van der Waals surface area contributed by atoms with Crippen LogP contribution in [0.25, 0.3) is 16.8 Å².